The molecule has 0 aliphatic rings. The number of rotatable bonds is 10. The lowest BCUT2D eigenvalue weighted by Crippen LogP contribution is -2.41. The van der Waals surface area contributed by atoms with E-state index in [0.717, 1.165) is 25.5 Å². The van der Waals surface area contributed by atoms with Crippen LogP contribution in [0.4, 0.5) is 0 Å². The molecule has 0 aliphatic heterocycles. The van der Waals surface area contributed by atoms with Crippen LogP contribution >= 0.6 is 0 Å². The topological polar surface area (TPSA) is 54.9 Å². The van der Waals surface area contributed by atoms with Gasteiger partial charge in [-0.25, -0.2) is 0 Å². The van der Waals surface area contributed by atoms with Crippen LogP contribution in [-0.4, -0.2) is 38.9 Å². The first kappa shape index (κ1) is 19.5. The predicted molar refractivity (Wildman–Crippen MR) is 95.7 cm³/mol. The molecule has 1 aromatic rings. The van der Waals surface area contributed by atoms with Crippen molar-refractivity contribution < 1.29 is 9.47 Å². The molecule has 0 saturated carbocycles. The minimum atomic E-state index is 0.409. The lowest BCUT2D eigenvalue weighted by Gasteiger charge is -2.16. The molecule has 5 heteroatoms. The molecule has 23 heavy (non-hydrogen) atoms. The number of ether oxygens (including phenoxy) is 2. The van der Waals surface area contributed by atoms with Crippen LogP contribution in [0.1, 0.15) is 38.3 Å². The molecule has 0 spiro atoms. The van der Waals surface area contributed by atoms with E-state index >= 15 is 0 Å². The fourth-order valence-electron chi connectivity index (χ4n) is 2.00. The smallest absolute Gasteiger partial charge is 0.191 e. The van der Waals surface area contributed by atoms with Gasteiger partial charge in [-0.3, -0.25) is 4.99 Å². The van der Waals surface area contributed by atoms with Crippen molar-refractivity contribution >= 4 is 5.96 Å². The third-order valence-electron chi connectivity index (χ3n) is 3.52. The van der Waals surface area contributed by atoms with Crippen molar-refractivity contribution in [2.45, 2.75) is 46.4 Å². The zero-order valence-electron chi connectivity index (χ0n) is 14.9. The van der Waals surface area contributed by atoms with Gasteiger partial charge in [0.2, 0.25) is 0 Å². The highest BCUT2D eigenvalue weighted by molar-refractivity contribution is 5.79. The molecule has 0 amide bonds. The Labute approximate surface area is 140 Å². The average Bonchev–Trinajstić information content (AvgIpc) is 2.58. The van der Waals surface area contributed by atoms with Crippen molar-refractivity contribution in [2.75, 3.05) is 26.9 Å². The Bertz CT molecular complexity index is 463. The molecule has 0 bridgehead atoms. The summed E-state index contributed by atoms with van der Waals surface area (Å²) in [6.45, 7) is 9.64. The Hall–Kier alpha value is -1.59. The summed E-state index contributed by atoms with van der Waals surface area (Å²) in [5, 5.41) is 6.70. The highest BCUT2D eigenvalue weighted by atomic mass is 16.5. The Balaban J connectivity index is 2.40. The van der Waals surface area contributed by atoms with Crippen LogP contribution in [0.25, 0.3) is 0 Å². The van der Waals surface area contributed by atoms with Crippen molar-refractivity contribution in [1.29, 1.82) is 0 Å². The van der Waals surface area contributed by atoms with E-state index in [4.69, 9.17) is 9.47 Å². The second-order valence-electron chi connectivity index (χ2n) is 5.45. The molecule has 1 aromatic carbocycles. The first-order valence-electron chi connectivity index (χ1n) is 8.40. The molecule has 0 radical (unpaired) electrons. The van der Waals surface area contributed by atoms with Crippen LogP contribution in [0.5, 0.6) is 0 Å². The predicted octanol–water partition coefficient (Wildman–Crippen LogP) is 2.70. The molecule has 1 unspecified atom stereocenters. The van der Waals surface area contributed by atoms with Gasteiger partial charge in [0.05, 0.1) is 19.8 Å². The molecule has 1 rings (SSSR count). The Morgan fingerprint density at radius 2 is 1.91 bits per heavy atom. The summed E-state index contributed by atoms with van der Waals surface area (Å²) in [7, 11) is 1.79. The van der Waals surface area contributed by atoms with Crippen molar-refractivity contribution in [1.82, 2.24) is 10.6 Å². The standard InChI is InChI=1S/C18H31N3O2/c1-5-15(3)21-18(19-4)20-13-16-8-7-9-17(12-16)14-23-11-10-22-6-2/h7-9,12,15H,5-6,10-11,13-14H2,1-4H3,(H2,19,20,21). The number of hydrogen-bond donors (Lipinski definition) is 2. The van der Waals surface area contributed by atoms with Gasteiger partial charge in [0, 0.05) is 26.2 Å². The maximum Gasteiger partial charge on any atom is 0.191 e. The minimum Gasteiger partial charge on any atom is -0.379 e. The average molecular weight is 321 g/mol. The third kappa shape index (κ3) is 8.57. The van der Waals surface area contributed by atoms with Crippen LogP contribution in [0.15, 0.2) is 29.3 Å². The summed E-state index contributed by atoms with van der Waals surface area (Å²) in [6.07, 6.45) is 1.06. The van der Waals surface area contributed by atoms with Crippen molar-refractivity contribution in [3.8, 4) is 0 Å². The normalized spacial score (nSPS) is 13.0. The Morgan fingerprint density at radius 1 is 1.17 bits per heavy atom. The van der Waals surface area contributed by atoms with Gasteiger partial charge in [-0.15, -0.1) is 0 Å². The number of nitrogens with one attached hydrogen (secondary N) is 2. The Morgan fingerprint density at radius 3 is 2.61 bits per heavy atom. The zero-order valence-corrected chi connectivity index (χ0v) is 14.9. The second-order valence-corrected chi connectivity index (χ2v) is 5.45. The SMILES string of the molecule is CCOCCOCc1cccc(CNC(=NC)NC(C)CC)c1. The van der Waals surface area contributed by atoms with Crippen molar-refractivity contribution in [3.05, 3.63) is 35.4 Å². The molecule has 130 valence electrons. The zero-order chi connectivity index (χ0) is 16.9. The fraction of sp³-hybridized carbons (Fsp3) is 0.611. The lowest BCUT2D eigenvalue weighted by molar-refractivity contribution is 0.0453. The largest absolute Gasteiger partial charge is 0.379 e. The summed E-state index contributed by atoms with van der Waals surface area (Å²) in [5.74, 6) is 0.831. The monoisotopic (exact) mass is 321 g/mol. The number of nitrogens with zero attached hydrogens (tertiary/aromatic N) is 1. The molecule has 5 nitrogen and oxygen atoms in total. The van der Waals surface area contributed by atoms with Crippen LogP contribution in [0, 0.1) is 0 Å². The molecular weight excluding hydrogens is 290 g/mol. The van der Waals surface area contributed by atoms with E-state index < -0.39 is 0 Å². The molecule has 0 saturated heterocycles. The van der Waals surface area contributed by atoms with Crippen molar-refractivity contribution in [2.24, 2.45) is 4.99 Å². The van der Waals surface area contributed by atoms with Gasteiger partial charge in [-0.2, -0.15) is 0 Å². The van der Waals surface area contributed by atoms with Crippen LogP contribution in [-0.2, 0) is 22.6 Å². The minimum absolute atomic E-state index is 0.409. The van der Waals surface area contributed by atoms with Gasteiger partial charge >= 0.3 is 0 Å². The number of guanidine groups is 1. The quantitative estimate of drug-likeness (QED) is 0.395. The summed E-state index contributed by atoms with van der Waals surface area (Å²) in [4.78, 5) is 4.25. The number of aliphatic imine (C=N–C) groups is 1. The van der Waals surface area contributed by atoms with Gasteiger partial charge in [-0.1, -0.05) is 31.2 Å². The van der Waals surface area contributed by atoms with Crippen LogP contribution in [0.3, 0.4) is 0 Å². The van der Waals surface area contributed by atoms with E-state index in [1.807, 2.05) is 6.92 Å². The van der Waals surface area contributed by atoms with Gasteiger partial charge in [0.15, 0.2) is 5.96 Å². The molecule has 0 heterocycles. The van der Waals surface area contributed by atoms with Crippen LogP contribution < -0.4 is 10.6 Å². The highest BCUT2D eigenvalue weighted by Gasteiger charge is 2.03. The van der Waals surface area contributed by atoms with Crippen molar-refractivity contribution in [3.63, 3.8) is 0 Å². The summed E-state index contributed by atoms with van der Waals surface area (Å²) in [6, 6.07) is 8.81. The molecular formula is C18H31N3O2. The first-order valence-corrected chi connectivity index (χ1v) is 8.40. The van der Waals surface area contributed by atoms with Crippen LogP contribution in [0.2, 0.25) is 0 Å². The van der Waals surface area contributed by atoms with Gasteiger partial charge in [0.25, 0.3) is 0 Å². The van der Waals surface area contributed by atoms with E-state index in [-0.39, 0.29) is 0 Å². The van der Waals surface area contributed by atoms with E-state index in [1.54, 1.807) is 7.05 Å². The summed E-state index contributed by atoms with van der Waals surface area (Å²) >= 11 is 0. The molecule has 0 fully saturated rings. The second kappa shape index (κ2) is 11.9. The van der Waals surface area contributed by atoms with Gasteiger partial charge in [0.1, 0.15) is 0 Å². The molecule has 2 N–H and O–H groups in total. The fourth-order valence-corrected chi connectivity index (χ4v) is 2.00. The molecule has 1 atom stereocenters. The van der Waals surface area contributed by atoms with E-state index in [9.17, 15) is 0 Å². The third-order valence-corrected chi connectivity index (χ3v) is 3.52. The summed E-state index contributed by atoms with van der Waals surface area (Å²) < 4.78 is 10.9. The maximum absolute atomic E-state index is 5.61. The molecule has 0 aliphatic carbocycles. The number of hydrogen-bond acceptors (Lipinski definition) is 3. The van der Waals surface area contributed by atoms with Gasteiger partial charge in [-0.05, 0) is 31.4 Å². The highest BCUT2D eigenvalue weighted by Crippen LogP contribution is 2.06. The van der Waals surface area contributed by atoms with E-state index in [0.29, 0.717) is 25.9 Å². The first-order chi connectivity index (χ1) is 11.2. The molecule has 0 aromatic heterocycles. The number of benzene rings is 1. The van der Waals surface area contributed by atoms with E-state index in [2.05, 4.69) is 53.7 Å². The van der Waals surface area contributed by atoms with E-state index in [1.165, 1.54) is 11.1 Å². The lowest BCUT2D eigenvalue weighted by atomic mass is 10.1. The Kier molecular flexibility index (Phi) is 10.1. The summed E-state index contributed by atoms with van der Waals surface area (Å²) in [5.41, 5.74) is 2.38. The van der Waals surface area contributed by atoms with Gasteiger partial charge < -0.3 is 20.1 Å². The maximum atomic E-state index is 5.61.